The molecule has 0 saturated heterocycles. The van der Waals surface area contributed by atoms with E-state index < -0.39 is 0 Å². The number of halogens is 1. The summed E-state index contributed by atoms with van der Waals surface area (Å²) in [7, 11) is 0. The molecule has 0 bridgehead atoms. The minimum Gasteiger partial charge on any atom is -0.491 e. The summed E-state index contributed by atoms with van der Waals surface area (Å²) in [4.78, 5) is 12.0. The molecule has 0 aliphatic rings. The maximum atomic E-state index is 12.0. The first-order valence-corrected chi connectivity index (χ1v) is 7.32. The van der Waals surface area contributed by atoms with E-state index in [9.17, 15) is 4.79 Å². The summed E-state index contributed by atoms with van der Waals surface area (Å²) in [5.74, 6) is 0.667. The van der Waals surface area contributed by atoms with Crippen molar-refractivity contribution >= 4 is 21.8 Å². The van der Waals surface area contributed by atoms with Crippen molar-refractivity contribution in [2.24, 2.45) is 0 Å². The Morgan fingerprint density at radius 1 is 1.44 bits per heavy atom. The lowest BCUT2D eigenvalue weighted by atomic mass is 10.1. The molecule has 4 heteroatoms. The summed E-state index contributed by atoms with van der Waals surface area (Å²) in [5, 5.41) is 3.73. The number of benzene rings is 1. The van der Waals surface area contributed by atoms with Gasteiger partial charge in [-0.1, -0.05) is 28.9 Å². The molecule has 100 valence electrons. The monoisotopic (exact) mass is 313 g/mol. The van der Waals surface area contributed by atoms with E-state index in [0.717, 1.165) is 17.5 Å². The van der Waals surface area contributed by atoms with E-state index in [-0.39, 0.29) is 18.1 Å². The number of nitrogens with one attached hydrogen (secondary N) is 1. The predicted molar refractivity (Wildman–Crippen MR) is 77.5 cm³/mol. The molecule has 1 amide bonds. The van der Waals surface area contributed by atoms with Gasteiger partial charge in [0.2, 0.25) is 0 Å². The van der Waals surface area contributed by atoms with Crippen LogP contribution in [0.2, 0.25) is 0 Å². The van der Waals surface area contributed by atoms with Crippen molar-refractivity contribution in [1.82, 2.24) is 5.32 Å². The molecule has 1 atom stereocenters. The molecule has 0 aliphatic heterocycles. The summed E-state index contributed by atoms with van der Waals surface area (Å²) < 4.78 is 5.57. The van der Waals surface area contributed by atoms with Gasteiger partial charge in [-0.2, -0.15) is 0 Å². The Hall–Kier alpha value is -1.03. The van der Waals surface area contributed by atoms with E-state index in [0.29, 0.717) is 5.56 Å². The minimum atomic E-state index is -0.0597. The third-order valence-corrected chi connectivity index (χ3v) is 3.26. The van der Waals surface area contributed by atoms with Gasteiger partial charge in [0.05, 0.1) is 6.10 Å². The molecule has 0 fully saturated rings. The molecule has 1 aromatic carbocycles. The second-order valence-corrected chi connectivity index (χ2v) is 5.07. The summed E-state index contributed by atoms with van der Waals surface area (Å²) >= 11 is 3.38. The van der Waals surface area contributed by atoms with E-state index in [4.69, 9.17) is 4.74 Å². The van der Waals surface area contributed by atoms with Crippen LogP contribution in [-0.2, 0) is 0 Å². The summed E-state index contributed by atoms with van der Waals surface area (Å²) in [5.41, 5.74) is 0.632. The molecule has 1 aromatic rings. The van der Waals surface area contributed by atoms with Crippen molar-refractivity contribution < 1.29 is 9.53 Å². The van der Waals surface area contributed by atoms with E-state index >= 15 is 0 Å². The first kappa shape index (κ1) is 15.0. The number of alkyl halides is 1. The Kier molecular flexibility index (Phi) is 6.19. The van der Waals surface area contributed by atoms with E-state index in [1.54, 1.807) is 12.1 Å². The molecule has 1 unspecified atom stereocenters. The molecule has 3 nitrogen and oxygen atoms in total. The molecule has 0 radical (unpaired) electrons. The zero-order valence-electron chi connectivity index (χ0n) is 11.1. The Morgan fingerprint density at radius 3 is 2.72 bits per heavy atom. The Labute approximate surface area is 117 Å². The summed E-state index contributed by atoms with van der Waals surface area (Å²) in [6.07, 6.45) is 1.01. The molecule has 18 heavy (non-hydrogen) atoms. The minimum absolute atomic E-state index is 0.0597. The quantitative estimate of drug-likeness (QED) is 0.818. The van der Waals surface area contributed by atoms with Gasteiger partial charge in [-0.25, -0.2) is 0 Å². The SMILES string of the molecule is CCC(CBr)NC(=O)c1cccc(OC(C)C)c1. The summed E-state index contributed by atoms with van der Waals surface area (Å²) in [6, 6.07) is 7.42. The number of ether oxygens (including phenoxy) is 1. The highest BCUT2D eigenvalue weighted by Crippen LogP contribution is 2.15. The van der Waals surface area contributed by atoms with Gasteiger partial charge in [0.15, 0.2) is 0 Å². The number of carbonyl (C=O) groups excluding carboxylic acids is 1. The largest absolute Gasteiger partial charge is 0.491 e. The van der Waals surface area contributed by atoms with Gasteiger partial charge < -0.3 is 10.1 Å². The van der Waals surface area contributed by atoms with E-state index in [2.05, 4.69) is 21.2 Å². The van der Waals surface area contributed by atoms with Crippen LogP contribution in [0.25, 0.3) is 0 Å². The van der Waals surface area contributed by atoms with Gasteiger partial charge in [0.25, 0.3) is 5.91 Å². The Morgan fingerprint density at radius 2 is 2.17 bits per heavy atom. The van der Waals surface area contributed by atoms with Crippen LogP contribution < -0.4 is 10.1 Å². The maximum Gasteiger partial charge on any atom is 0.251 e. The van der Waals surface area contributed by atoms with Crippen LogP contribution in [-0.4, -0.2) is 23.4 Å². The van der Waals surface area contributed by atoms with Crippen LogP contribution in [0.5, 0.6) is 5.75 Å². The Balaban J connectivity index is 2.73. The molecular formula is C14H20BrNO2. The molecule has 0 saturated carbocycles. The third-order valence-electron chi connectivity index (χ3n) is 2.48. The standard InChI is InChI=1S/C14H20BrNO2/c1-4-12(9-15)16-14(17)11-6-5-7-13(8-11)18-10(2)3/h5-8,10,12H,4,9H2,1-3H3,(H,16,17). The molecule has 1 N–H and O–H groups in total. The van der Waals surface area contributed by atoms with Crippen LogP contribution in [0, 0.1) is 0 Å². The van der Waals surface area contributed by atoms with Gasteiger partial charge in [0, 0.05) is 16.9 Å². The highest BCUT2D eigenvalue weighted by atomic mass is 79.9. The highest BCUT2D eigenvalue weighted by Gasteiger charge is 2.11. The fourth-order valence-corrected chi connectivity index (χ4v) is 2.12. The lowest BCUT2D eigenvalue weighted by Gasteiger charge is -2.15. The number of amides is 1. The van der Waals surface area contributed by atoms with Crippen molar-refractivity contribution in [3.63, 3.8) is 0 Å². The zero-order chi connectivity index (χ0) is 13.5. The molecular weight excluding hydrogens is 294 g/mol. The predicted octanol–water partition coefficient (Wildman–Crippen LogP) is 3.38. The smallest absolute Gasteiger partial charge is 0.251 e. The fraction of sp³-hybridized carbons (Fsp3) is 0.500. The highest BCUT2D eigenvalue weighted by molar-refractivity contribution is 9.09. The lowest BCUT2D eigenvalue weighted by Crippen LogP contribution is -2.35. The third kappa shape index (κ3) is 4.69. The normalized spacial score (nSPS) is 12.3. The number of rotatable bonds is 6. The van der Waals surface area contributed by atoms with E-state index in [1.807, 2.05) is 32.9 Å². The average Bonchev–Trinajstić information content (AvgIpc) is 2.35. The van der Waals surface area contributed by atoms with Crippen molar-refractivity contribution in [3.8, 4) is 5.75 Å². The lowest BCUT2D eigenvalue weighted by molar-refractivity contribution is 0.0939. The maximum absolute atomic E-state index is 12.0. The molecule has 1 rings (SSSR count). The van der Waals surface area contributed by atoms with Crippen molar-refractivity contribution in [3.05, 3.63) is 29.8 Å². The molecule has 0 aliphatic carbocycles. The van der Waals surface area contributed by atoms with Gasteiger partial charge in [-0.15, -0.1) is 0 Å². The van der Waals surface area contributed by atoms with Gasteiger partial charge in [-0.05, 0) is 38.5 Å². The van der Waals surface area contributed by atoms with Crippen LogP contribution in [0.15, 0.2) is 24.3 Å². The van der Waals surface area contributed by atoms with Crippen LogP contribution in [0.1, 0.15) is 37.6 Å². The molecule has 0 aromatic heterocycles. The Bertz CT molecular complexity index is 389. The first-order valence-electron chi connectivity index (χ1n) is 6.20. The van der Waals surface area contributed by atoms with Crippen molar-refractivity contribution in [2.45, 2.75) is 39.3 Å². The van der Waals surface area contributed by atoms with E-state index in [1.165, 1.54) is 0 Å². The number of carbonyl (C=O) groups is 1. The molecule has 0 spiro atoms. The van der Waals surface area contributed by atoms with Crippen molar-refractivity contribution in [2.75, 3.05) is 5.33 Å². The second kappa shape index (κ2) is 7.41. The fourth-order valence-electron chi connectivity index (χ4n) is 1.50. The topological polar surface area (TPSA) is 38.3 Å². The van der Waals surface area contributed by atoms with Gasteiger partial charge in [-0.3, -0.25) is 4.79 Å². The van der Waals surface area contributed by atoms with Gasteiger partial charge in [0.1, 0.15) is 5.75 Å². The van der Waals surface area contributed by atoms with Crippen LogP contribution >= 0.6 is 15.9 Å². The number of hydrogen-bond acceptors (Lipinski definition) is 2. The zero-order valence-corrected chi connectivity index (χ0v) is 12.7. The summed E-state index contributed by atoms with van der Waals surface area (Å²) in [6.45, 7) is 5.97. The van der Waals surface area contributed by atoms with Crippen LogP contribution in [0.3, 0.4) is 0 Å². The van der Waals surface area contributed by atoms with Gasteiger partial charge >= 0.3 is 0 Å². The second-order valence-electron chi connectivity index (χ2n) is 4.43. The van der Waals surface area contributed by atoms with Crippen LogP contribution in [0.4, 0.5) is 0 Å². The number of hydrogen-bond donors (Lipinski definition) is 1. The average molecular weight is 314 g/mol. The van der Waals surface area contributed by atoms with Crippen molar-refractivity contribution in [1.29, 1.82) is 0 Å². The first-order chi connectivity index (χ1) is 8.56. The molecule has 0 heterocycles.